The van der Waals surface area contributed by atoms with Gasteiger partial charge in [-0.1, -0.05) is 30.3 Å². The van der Waals surface area contributed by atoms with Gasteiger partial charge in [0, 0.05) is 55.4 Å². The SMILES string of the molecule is CCOC(=O)C[C@@H]1C(=O)N(S(=O)[O-])C=C[C@@H]1c1ccc(C(C)=O)cc1.[Ar]. The summed E-state index contributed by atoms with van der Waals surface area (Å²) in [5.41, 5.74) is 1.24. The van der Waals surface area contributed by atoms with Gasteiger partial charge in [0.1, 0.15) is 0 Å². The number of allylic oxidation sites excluding steroid dienone is 1. The van der Waals surface area contributed by atoms with Crippen LogP contribution in [0, 0.1) is 43.7 Å². The van der Waals surface area contributed by atoms with E-state index in [1.54, 1.807) is 37.3 Å². The zero-order chi connectivity index (χ0) is 18.6. The van der Waals surface area contributed by atoms with Gasteiger partial charge in [0.25, 0.3) is 0 Å². The van der Waals surface area contributed by atoms with E-state index < -0.39 is 35.0 Å². The van der Waals surface area contributed by atoms with Crippen molar-refractivity contribution < 1.29 is 65.6 Å². The fourth-order valence-corrected chi connectivity index (χ4v) is 3.17. The maximum absolute atomic E-state index is 12.5. The molecular formula is C17H18ArNO6S-. The number of nitrogens with zero attached hydrogens (tertiary/aromatic N) is 1. The molecule has 1 aromatic carbocycles. The number of esters is 1. The molecule has 2 rings (SSSR count). The standard InChI is InChI=1S/C17H19NO6S.Ar/c1-3-24-16(20)10-15-14(8-9-18(17(15)21)25(22)23)13-6-4-12(5-7-13)11(2)19;/h4-9,14-15H,3,10H2,1-2H3,(H,22,23);/p-1/t14-,15+;/m1./s1. The molecule has 0 saturated carbocycles. The predicted molar refractivity (Wildman–Crippen MR) is 88.8 cm³/mol. The zero-order valence-electron chi connectivity index (χ0n) is 14.2. The number of Topliss-reactive ketones (excluding diaryl/α,β-unsaturated/α-hetero) is 1. The van der Waals surface area contributed by atoms with Crippen LogP contribution in [-0.4, -0.2) is 37.3 Å². The molecule has 7 nitrogen and oxygen atoms in total. The maximum Gasteiger partial charge on any atom is 0.306 e. The summed E-state index contributed by atoms with van der Waals surface area (Å²) in [6.45, 7) is 3.27. The third-order valence-electron chi connectivity index (χ3n) is 3.95. The first-order valence-electron chi connectivity index (χ1n) is 7.72. The minimum atomic E-state index is -2.75. The molecule has 1 unspecified atom stereocenters. The quantitative estimate of drug-likeness (QED) is 0.406. The molecule has 0 saturated heterocycles. The Labute approximate surface area is 184 Å². The van der Waals surface area contributed by atoms with Crippen LogP contribution < -0.4 is 0 Å². The third-order valence-corrected chi connectivity index (χ3v) is 4.57. The van der Waals surface area contributed by atoms with Crippen molar-refractivity contribution in [3.05, 3.63) is 47.7 Å². The summed E-state index contributed by atoms with van der Waals surface area (Å²) in [5, 5.41) is 0. The molecule has 26 heavy (non-hydrogen) atoms. The number of rotatable bonds is 6. The van der Waals surface area contributed by atoms with Crippen LogP contribution in [0.2, 0.25) is 0 Å². The van der Waals surface area contributed by atoms with E-state index in [0.29, 0.717) is 15.4 Å². The number of ether oxygens (including phenoxy) is 1. The van der Waals surface area contributed by atoms with E-state index >= 15 is 0 Å². The van der Waals surface area contributed by atoms with Gasteiger partial charge >= 0.3 is 5.97 Å². The summed E-state index contributed by atoms with van der Waals surface area (Å²) in [4.78, 5) is 35.7. The number of ketones is 1. The molecular weight excluding hydrogens is 386 g/mol. The van der Waals surface area contributed by atoms with Crippen LogP contribution in [0.3, 0.4) is 0 Å². The molecule has 142 valence electrons. The van der Waals surface area contributed by atoms with E-state index in [9.17, 15) is 23.1 Å². The topological polar surface area (TPSA) is 104 Å². The molecule has 0 spiro atoms. The fraction of sp³-hybridized carbons (Fsp3) is 0.353. The summed E-state index contributed by atoms with van der Waals surface area (Å²) in [6, 6.07) is 6.66. The van der Waals surface area contributed by atoms with E-state index in [4.69, 9.17) is 4.74 Å². The van der Waals surface area contributed by atoms with Crippen molar-refractivity contribution in [2.24, 2.45) is 5.92 Å². The van der Waals surface area contributed by atoms with Gasteiger partial charge in [0.05, 0.1) is 30.2 Å². The first-order valence-corrected chi connectivity index (χ1v) is 8.75. The minimum absolute atomic E-state index is 0. The van der Waals surface area contributed by atoms with Gasteiger partial charge in [-0.3, -0.25) is 18.6 Å². The molecule has 0 radical (unpaired) electrons. The summed E-state index contributed by atoms with van der Waals surface area (Å²) < 4.78 is 27.8. The van der Waals surface area contributed by atoms with Crippen LogP contribution in [-0.2, 0) is 25.6 Å². The Morgan fingerprint density at radius 3 is 2.38 bits per heavy atom. The molecule has 1 aliphatic rings. The van der Waals surface area contributed by atoms with Crippen LogP contribution in [0.15, 0.2) is 36.5 Å². The average molecular weight is 404 g/mol. The second kappa shape index (κ2) is 10.3. The van der Waals surface area contributed by atoms with Crippen LogP contribution in [0.5, 0.6) is 0 Å². The normalized spacial score (nSPS) is 20.3. The molecule has 0 bridgehead atoms. The van der Waals surface area contributed by atoms with Crippen molar-refractivity contribution in [1.29, 1.82) is 0 Å². The Hall–Kier alpha value is -1.06. The van der Waals surface area contributed by atoms with E-state index in [1.807, 2.05) is 0 Å². The van der Waals surface area contributed by atoms with Gasteiger partial charge < -0.3 is 9.29 Å². The van der Waals surface area contributed by atoms with Crippen LogP contribution in [0.4, 0.5) is 0 Å². The summed E-state index contributed by atoms with van der Waals surface area (Å²) >= 11 is -2.75. The van der Waals surface area contributed by atoms with Crippen molar-refractivity contribution in [2.45, 2.75) is 26.2 Å². The number of hydrogen-bond donors (Lipinski definition) is 0. The molecule has 0 aliphatic carbocycles. The second-order valence-corrected chi connectivity index (χ2v) is 6.37. The summed E-state index contributed by atoms with van der Waals surface area (Å²) in [5.74, 6) is -2.73. The molecule has 0 N–H and O–H groups in total. The van der Waals surface area contributed by atoms with E-state index in [1.165, 1.54) is 13.1 Å². The Balaban J connectivity index is 0.00000338. The first-order chi connectivity index (χ1) is 11.8. The number of amides is 1. The first kappa shape index (κ1) is 23.0. The number of carbonyl (C=O) groups excluding carboxylic acids is 3. The van der Waals surface area contributed by atoms with E-state index in [-0.39, 0.29) is 56.5 Å². The van der Waals surface area contributed by atoms with Crippen LogP contribution in [0.1, 0.15) is 42.1 Å². The van der Waals surface area contributed by atoms with Gasteiger partial charge in [-0.05, 0) is 19.4 Å². The Morgan fingerprint density at radius 2 is 1.88 bits per heavy atom. The van der Waals surface area contributed by atoms with E-state index in [0.717, 1.165) is 0 Å². The maximum atomic E-state index is 12.5. The van der Waals surface area contributed by atoms with Gasteiger partial charge in [0.15, 0.2) is 5.78 Å². The van der Waals surface area contributed by atoms with Gasteiger partial charge in [-0.25, -0.2) is 4.31 Å². The van der Waals surface area contributed by atoms with Crippen LogP contribution >= 0.6 is 0 Å². The molecule has 1 aliphatic heterocycles. The smallest absolute Gasteiger partial charge is 0.306 e. The molecule has 1 aromatic rings. The fourth-order valence-electron chi connectivity index (χ4n) is 2.72. The summed E-state index contributed by atoms with van der Waals surface area (Å²) in [6.07, 6.45) is 2.50. The molecule has 9 heteroatoms. The molecule has 3 atom stereocenters. The summed E-state index contributed by atoms with van der Waals surface area (Å²) in [7, 11) is 0. The average Bonchev–Trinajstić information content (AvgIpc) is 2.56. The van der Waals surface area contributed by atoms with Crippen molar-refractivity contribution in [1.82, 2.24) is 4.31 Å². The van der Waals surface area contributed by atoms with Crippen molar-refractivity contribution in [2.75, 3.05) is 6.61 Å². The number of benzene rings is 1. The largest absolute Gasteiger partial charge is 0.755 e. The zero-order valence-corrected chi connectivity index (χ0v) is 15.7. The van der Waals surface area contributed by atoms with Crippen molar-refractivity contribution in [3.8, 4) is 0 Å². The van der Waals surface area contributed by atoms with Crippen molar-refractivity contribution in [3.63, 3.8) is 0 Å². The van der Waals surface area contributed by atoms with Gasteiger partial charge in [-0.15, -0.1) is 0 Å². The van der Waals surface area contributed by atoms with Crippen LogP contribution in [0.25, 0.3) is 0 Å². The Morgan fingerprint density at radius 1 is 1.27 bits per heavy atom. The number of hydrogen-bond acceptors (Lipinski definition) is 6. The Kier molecular flexibility index (Phi) is 9.12. The van der Waals surface area contributed by atoms with Crippen molar-refractivity contribution >= 4 is 28.9 Å². The molecule has 1 heterocycles. The molecule has 0 aromatic heterocycles. The molecule has 1 amide bonds. The van der Waals surface area contributed by atoms with Gasteiger partial charge in [0.2, 0.25) is 5.91 Å². The second-order valence-electron chi connectivity index (χ2n) is 5.54. The monoisotopic (exact) mass is 404 g/mol. The minimum Gasteiger partial charge on any atom is -0.755 e. The third kappa shape index (κ3) is 5.47. The van der Waals surface area contributed by atoms with E-state index in [2.05, 4.69) is 0 Å². The Bertz CT molecular complexity index is 733. The predicted octanol–water partition coefficient (Wildman–Crippen LogP) is 1.69. The van der Waals surface area contributed by atoms with Gasteiger partial charge in [-0.2, -0.15) is 0 Å². The molecule has 0 fully saturated rings. The number of carbonyl (C=O) groups is 3.